The van der Waals surface area contributed by atoms with Crippen LogP contribution in [0.25, 0.3) is 0 Å². The molecular weight excluding hydrogens is 693 g/mol. The van der Waals surface area contributed by atoms with E-state index in [0.29, 0.717) is 82.7 Å². The largest absolute Gasteiger partial charge is 0.374 e. The number of benzene rings is 2. The minimum Gasteiger partial charge on any atom is -0.374 e. The van der Waals surface area contributed by atoms with Crippen molar-refractivity contribution in [1.82, 2.24) is 0 Å². The molecule has 5 aliphatic rings. The van der Waals surface area contributed by atoms with Crippen LogP contribution < -0.4 is 0 Å². The van der Waals surface area contributed by atoms with Crippen LogP contribution in [0.1, 0.15) is 64.9 Å². The normalized spacial score (nSPS) is 19.9. The number of ether oxygens (including phenoxy) is 2. The summed E-state index contributed by atoms with van der Waals surface area (Å²) in [6.07, 6.45) is 17.1. The predicted molar refractivity (Wildman–Crippen MR) is 206 cm³/mol. The van der Waals surface area contributed by atoms with Gasteiger partial charge in [-0.25, -0.2) is 37.5 Å². The van der Waals surface area contributed by atoms with Crippen molar-refractivity contribution < 1.29 is 28.4 Å². The minimum atomic E-state index is -0.884. The lowest BCUT2D eigenvalue weighted by Gasteiger charge is -2.18. The lowest BCUT2D eigenvalue weighted by Crippen LogP contribution is -2.15. The number of rotatable bonds is 12. The van der Waals surface area contributed by atoms with Gasteiger partial charge in [0.25, 0.3) is 0 Å². The van der Waals surface area contributed by atoms with Crippen LogP contribution in [0, 0.1) is 23.3 Å². The van der Waals surface area contributed by atoms with E-state index in [4.69, 9.17) is 29.4 Å². The van der Waals surface area contributed by atoms with E-state index in [1.165, 1.54) is 12.1 Å². The summed E-state index contributed by atoms with van der Waals surface area (Å²) in [6.45, 7) is 8.37. The van der Waals surface area contributed by atoms with Gasteiger partial charge in [0.05, 0.1) is 59.2 Å². The molecule has 5 heterocycles. The van der Waals surface area contributed by atoms with Gasteiger partial charge in [0.2, 0.25) is 0 Å². The Bertz CT molecular complexity index is 2310. The molecule has 5 aliphatic heterocycles. The summed E-state index contributed by atoms with van der Waals surface area (Å²) < 4.78 is 76.6. The number of nitrogens with zero attached hydrogens (tertiary/aromatic N) is 4. The van der Waals surface area contributed by atoms with Crippen molar-refractivity contribution in [2.24, 2.45) is 20.0 Å². The molecule has 0 fully saturated rings. The molecular formula is C44H40F4N4O2. The number of halogens is 4. The zero-order valence-corrected chi connectivity index (χ0v) is 30.4. The van der Waals surface area contributed by atoms with Crippen LogP contribution in [0.2, 0.25) is 0 Å². The first kappa shape index (κ1) is 35.7. The molecule has 4 atom stereocenters. The lowest BCUT2D eigenvalue weighted by molar-refractivity contribution is 0.0861. The molecule has 0 aliphatic carbocycles. The van der Waals surface area contributed by atoms with E-state index in [0.717, 1.165) is 23.4 Å². The van der Waals surface area contributed by atoms with Gasteiger partial charge in [-0.2, -0.15) is 0 Å². The monoisotopic (exact) mass is 733 g/mol. The Morgan fingerprint density at radius 2 is 1.02 bits per heavy atom. The van der Waals surface area contributed by atoms with E-state index in [9.17, 15) is 18.9 Å². The third-order valence-corrected chi connectivity index (χ3v) is 9.85. The zero-order chi connectivity index (χ0) is 38.8. The van der Waals surface area contributed by atoms with Crippen LogP contribution in [-0.2, 0) is 9.47 Å². The summed E-state index contributed by atoms with van der Waals surface area (Å²) in [5.74, 6) is -3.66. The van der Waals surface area contributed by atoms with Gasteiger partial charge in [-0.3, -0.25) is 0 Å². The quantitative estimate of drug-likeness (QED) is 0.204. The second kappa shape index (κ2) is 16.0. The maximum absolute atomic E-state index is 13.9. The Balaban J connectivity index is 1.15. The second-order valence-electron chi connectivity index (χ2n) is 13.9. The molecule has 2 aromatic carbocycles. The first-order valence-corrected chi connectivity index (χ1v) is 18.1. The predicted octanol–water partition coefficient (Wildman–Crippen LogP) is 10.1. The van der Waals surface area contributed by atoms with Crippen LogP contribution >= 0.6 is 0 Å². The van der Waals surface area contributed by atoms with E-state index in [-0.39, 0.29) is 24.0 Å². The van der Waals surface area contributed by atoms with Gasteiger partial charge >= 0.3 is 0 Å². The summed E-state index contributed by atoms with van der Waals surface area (Å²) in [6, 6.07) is 8.09. The molecule has 0 radical (unpaired) electrons. The van der Waals surface area contributed by atoms with E-state index < -0.39 is 29.4 Å². The van der Waals surface area contributed by atoms with Gasteiger partial charge < -0.3 is 9.47 Å². The van der Waals surface area contributed by atoms with E-state index in [1.54, 1.807) is 18.2 Å². The van der Waals surface area contributed by atoms with E-state index >= 15 is 0 Å². The molecule has 0 saturated heterocycles. The van der Waals surface area contributed by atoms with Crippen molar-refractivity contribution in [2.45, 2.75) is 64.6 Å². The molecule has 10 heteroatoms. The number of fused-ring (bicyclic) bond motifs is 4. The van der Waals surface area contributed by atoms with Gasteiger partial charge in [-0.05, 0) is 135 Å². The average molecular weight is 734 g/mol. The number of hydrogen-bond acceptors (Lipinski definition) is 6. The molecule has 0 N–H and O–H groups in total. The Kier molecular flexibility index (Phi) is 10.6. The van der Waals surface area contributed by atoms with Crippen molar-refractivity contribution in [3.8, 4) is 0 Å². The zero-order valence-electron chi connectivity index (χ0n) is 31.4. The Morgan fingerprint density at radius 1 is 0.537 bits per heavy atom. The topological polar surface area (TPSA) is 67.9 Å². The molecule has 0 saturated carbocycles. The number of hydrogen-bond donors (Lipinski definition) is 0. The smallest absolute Gasteiger partial charge is 0.159 e. The highest BCUT2D eigenvalue weighted by Gasteiger charge is 2.25. The maximum Gasteiger partial charge on any atom is 0.159 e. The highest BCUT2D eigenvalue weighted by molar-refractivity contribution is 6.15. The van der Waals surface area contributed by atoms with Crippen molar-refractivity contribution >= 4 is 22.8 Å². The Hall–Kier alpha value is -5.32. The molecule has 7 rings (SSSR count). The fourth-order valence-electron chi connectivity index (χ4n) is 6.56. The maximum atomic E-state index is 13.9. The lowest BCUT2D eigenvalue weighted by atomic mass is 9.98. The Morgan fingerprint density at radius 3 is 1.59 bits per heavy atom. The second-order valence-corrected chi connectivity index (χ2v) is 13.9. The van der Waals surface area contributed by atoms with Crippen LogP contribution in [0.15, 0.2) is 151 Å². The highest BCUT2D eigenvalue weighted by atomic mass is 19.2. The summed E-state index contributed by atoms with van der Waals surface area (Å²) in [7, 11) is 0. The molecule has 0 spiro atoms. The van der Waals surface area contributed by atoms with E-state index in [1.807, 2.05) is 76.3 Å². The van der Waals surface area contributed by atoms with Crippen molar-refractivity contribution in [3.63, 3.8) is 0 Å². The standard InChI is InChI=1S/C44H40F4N4O2/c1-25(29-5-11-39(45)41(47)17-29)13-15-53-27(3)37-21-35-20-33-8-7-31(49-33)19-32-9-10-34(50-32)23-43-38(22-36(52-43)24-44(37)51-35)28(4)54-16-14-26(2)30-6-12-40(46)42(48)18-30/h5-12,17-28H,13-16H2,1-4H3/i21D. The Labute approximate surface area is 313 Å². The molecule has 276 valence electrons. The SMILES string of the molecule is [2H]C1=C(C(C)OCCC(C)c2ccc(F)c(F)c2)C2=CC3=NC(=CC4=NC(=CC5=NC(=CC1=N2)C=C5)C=C4)C(C(C)OCCC(C)c1ccc(F)c(F)c1)=C3. The van der Waals surface area contributed by atoms with Gasteiger partial charge in [0.15, 0.2) is 23.3 Å². The molecule has 8 bridgehead atoms. The van der Waals surface area contributed by atoms with Crippen molar-refractivity contribution in [3.05, 3.63) is 165 Å². The molecule has 0 amide bonds. The molecule has 0 aromatic heterocycles. The number of allylic oxidation sites excluding steroid dienone is 10. The van der Waals surface area contributed by atoms with Gasteiger partial charge in [-0.1, -0.05) is 26.0 Å². The molecule has 54 heavy (non-hydrogen) atoms. The first-order valence-electron chi connectivity index (χ1n) is 18.6. The summed E-state index contributed by atoms with van der Waals surface area (Å²) in [5.41, 5.74) is 7.83. The third kappa shape index (κ3) is 8.56. The molecule has 6 nitrogen and oxygen atoms in total. The first-order chi connectivity index (χ1) is 26.4. The van der Waals surface area contributed by atoms with Gasteiger partial charge in [0, 0.05) is 24.4 Å². The van der Waals surface area contributed by atoms with Gasteiger partial charge in [0.1, 0.15) is 0 Å². The summed E-state index contributed by atoms with van der Waals surface area (Å²) >= 11 is 0. The average Bonchev–Trinajstić information content (AvgIpc) is 3.95. The summed E-state index contributed by atoms with van der Waals surface area (Å²) in [5, 5.41) is 0. The minimum absolute atomic E-state index is 0.0565. The third-order valence-electron chi connectivity index (χ3n) is 9.85. The molecule has 4 unspecified atom stereocenters. The van der Waals surface area contributed by atoms with Crippen LogP contribution in [-0.4, -0.2) is 48.3 Å². The fraction of sp³-hybridized carbons (Fsp3) is 0.273. The van der Waals surface area contributed by atoms with E-state index in [2.05, 4.69) is 0 Å². The summed E-state index contributed by atoms with van der Waals surface area (Å²) in [4.78, 5) is 19.3. The van der Waals surface area contributed by atoms with Gasteiger partial charge in [-0.15, -0.1) is 0 Å². The molecule has 2 aromatic rings. The van der Waals surface area contributed by atoms with Crippen LogP contribution in [0.4, 0.5) is 17.6 Å². The van der Waals surface area contributed by atoms with Crippen molar-refractivity contribution in [1.29, 1.82) is 0 Å². The number of aliphatic imine (C=N–C) groups is 4. The van der Waals surface area contributed by atoms with Crippen LogP contribution in [0.5, 0.6) is 0 Å². The highest BCUT2D eigenvalue weighted by Crippen LogP contribution is 2.32. The van der Waals surface area contributed by atoms with Crippen molar-refractivity contribution in [2.75, 3.05) is 13.2 Å². The fourth-order valence-corrected chi connectivity index (χ4v) is 6.56. The van der Waals surface area contributed by atoms with Crippen LogP contribution in [0.3, 0.4) is 0 Å².